The molecule has 1 fully saturated rings. The highest BCUT2D eigenvalue weighted by Gasteiger charge is 2.20. The first-order valence-corrected chi connectivity index (χ1v) is 5.64. The smallest absolute Gasteiger partial charge is 0.225 e. The third-order valence-electron chi connectivity index (χ3n) is 2.59. The number of para-hydroxylation sites is 1. The van der Waals surface area contributed by atoms with Crippen LogP contribution in [-0.4, -0.2) is 18.5 Å². The topological polar surface area (TPSA) is 41.1 Å². The predicted octanol–water partition coefficient (Wildman–Crippen LogP) is 2.05. The molecule has 0 spiro atoms. The zero-order chi connectivity index (χ0) is 12.3. The van der Waals surface area contributed by atoms with Crippen molar-refractivity contribution in [3.8, 4) is 0 Å². The summed E-state index contributed by atoms with van der Waals surface area (Å²) in [6.07, 6.45) is 2.50. The van der Waals surface area contributed by atoms with Gasteiger partial charge in [0.15, 0.2) is 0 Å². The summed E-state index contributed by atoms with van der Waals surface area (Å²) in [5.41, 5.74) is -0.371. The SMILES string of the molecule is O=C(CCNC1CC1)Nc1c(F)cccc1F. The lowest BCUT2D eigenvalue weighted by molar-refractivity contribution is -0.116. The maximum Gasteiger partial charge on any atom is 0.225 e. The Hall–Kier alpha value is -1.49. The monoisotopic (exact) mass is 240 g/mol. The van der Waals surface area contributed by atoms with Crippen LogP contribution in [0.4, 0.5) is 14.5 Å². The highest BCUT2D eigenvalue weighted by atomic mass is 19.1. The summed E-state index contributed by atoms with van der Waals surface area (Å²) in [4.78, 5) is 11.4. The standard InChI is InChI=1S/C12H14F2N2O/c13-9-2-1-3-10(14)12(9)16-11(17)6-7-15-8-4-5-8/h1-3,8,15H,4-7H2,(H,16,17). The fourth-order valence-electron chi connectivity index (χ4n) is 1.50. The summed E-state index contributed by atoms with van der Waals surface area (Å²) in [5.74, 6) is -1.90. The Morgan fingerprint density at radius 1 is 1.29 bits per heavy atom. The minimum Gasteiger partial charge on any atom is -0.321 e. The van der Waals surface area contributed by atoms with E-state index in [2.05, 4.69) is 10.6 Å². The number of hydrogen-bond donors (Lipinski definition) is 2. The van der Waals surface area contributed by atoms with Gasteiger partial charge in [0.1, 0.15) is 17.3 Å². The second kappa shape index (κ2) is 5.23. The molecule has 0 bridgehead atoms. The largest absolute Gasteiger partial charge is 0.321 e. The molecule has 1 amide bonds. The summed E-state index contributed by atoms with van der Waals surface area (Å²) in [5, 5.41) is 5.40. The maximum atomic E-state index is 13.2. The van der Waals surface area contributed by atoms with Crippen LogP contribution in [0, 0.1) is 11.6 Å². The average Bonchev–Trinajstić information content (AvgIpc) is 3.08. The van der Waals surface area contributed by atoms with Crippen LogP contribution < -0.4 is 10.6 Å². The van der Waals surface area contributed by atoms with Crippen molar-refractivity contribution in [2.75, 3.05) is 11.9 Å². The van der Waals surface area contributed by atoms with Crippen LogP contribution in [-0.2, 0) is 4.79 Å². The Labute approximate surface area is 98.2 Å². The Balaban J connectivity index is 1.84. The van der Waals surface area contributed by atoms with Crippen molar-refractivity contribution in [3.05, 3.63) is 29.8 Å². The molecule has 0 saturated heterocycles. The van der Waals surface area contributed by atoms with E-state index in [-0.39, 0.29) is 18.0 Å². The van der Waals surface area contributed by atoms with Crippen LogP contribution in [0.2, 0.25) is 0 Å². The van der Waals surface area contributed by atoms with Crippen molar-refractivity contribution in [2.45, 2.75) is 25.3 Å². The summed E-state index contributed by atoms with van der Waals surface area (Å²) in [6, 6.07) is 4.00. The number of amides is 1. The molecule has 1 aromatic rings. The quantitative estimate of drug-likeness (QED) is 0.827. The van der Waals surface area contributed by atoms with Crippen LogP contribution in [0.3, 0.4) is 0 Å². The van der Waals surface area contributed by atoms with E-state index in [4.69, 9.17) is 0 Å². The molecular formula is C12H14F2N2O. The van der Waals surface area contributed by atoms with Crippen LogP contribution in [0.1, 0.15) is 19.3 Å². The number of halogens is 2. The van der Waals surface area contributed by atoms with Crippen molar-refractivity contribution in [3.63, 3.8) is 0 Å². The fraction of sp³-hybridized carbons (Fsp3) is 0.417. The van der Waals surface area contributed by atoms with Gasteiger partial charge in [-0.05, 0) is 25.0 Å². The summed E-state index contributed by atoms with van der Waals surface area (Å²) in [7, 11) is 0. The van der Waals surface area contributed by atoms with E-state index in [1.54, 1.807) is 0 Å². The number of carbonyl (C=O) groups is 1. The molecule has 2 N–H and O–H groups in total. The number of nitrogens with one attached hydrogen (secondary N) is 2. The van der Waals surface area contributed by atoms with E-state index in [0.717, 1.165) is 25.0 Å². The van der Waals surface area contributed by atoms with Crippen LogP contribution in [0.15, 0.2) is 18.2 Å². The molecule has 0 heterocycles. The maximum absolute atomic E-state index is 13.2. The van der Waals surface area contributed by atoms with E-state index >= 15 is 0 Å². The summed E-state index contributed by atoms with van der Waals surface area (Å²) in [6.45, 7) is 0.534. The molecule has 0 radical (unpaired) electrons. The first-order chi connectivity index (χ1) is 8.16. The van der Waals surface area contributed by atoms with E-state index in [9.17, 15) is 13.6 Å². The lowest BCUT2D eigenvalue weighted by atomic mass is 10.2. The van der Waals surface area contributed by atoms with Gasteiger partial charge in [0.2, 0.25) is 5.91 Å². The number of anilines is 1. The van der Waals surface area contributed by atoms with Crippen LogP contribution in [0.5, 0.6) is 0 Å². The molecular weight excluding hydrogens is 226 g/mol. The van der Waals surface area contributed by atoms with Gasteiger partial charge in [-0.3, -0.25) is 4.79 Å². The Morgan fingerprint density at radius 3 is 2.53 bits per heavy atom. The number of carbonyl (C=O) groups excluding carboxylic acids is 1. The first-order valence-electron chi connectivity index (χ1n) is 5.64. The molecule has 0 atom stereocenters. The third-order valence-corrected chi connectivity index (χ3v) is 2.59. The van der Waals surface area contributed by atoms with Gasteiger partial charge in [-0.1, -0.05) is 6.07 Å². The van der Waals surface area contributed by atoms with Crippen molar-refractivity contribution < 1.29 is 13.6 Å². The second-order valence-electron chi connectivity index (χ2n) is 4.12. The van der Waals surface area contributed by atoms with Gasteiger partial charge < -0.3 is 10.6 Å². The molecule has 2 rings (SSSR count). The van der Waals surface area contributed by atoms with Crippen LogP contribution in [0.25, 0.3) is 0 Å². The molecule has 1 saturated carbocycles. The highest BCUT2D eigenvalue weighted by Crippen LogP contribution is 2.19. The van der Waals surface area contributed by atoms with Crippen molar-refractivity contribution in [2.24, 2.45) is 0 Å². The van der Waals surface area contributed by atoms with Crippen molar-refractivity contribution in [1.29, 1.82) is 0 Å². The van der Waals surface area contributed by atoms with E-state index < -0.39 is 11.6 Å². The Bertz CT molecular complexity index is 399. The lowest BCUT2D eigenvalue weighted by Crippen LogP contribution is -2.23. The molecule has 0 aromatic heterocycles. The molecule has 1 aliphatic rings. The highest BCUT2D eigenvalue weighted by molar-refractivity contribution is 5.91. The van der Waals surface area contributed by atoms with E-state index in [1.165, 1.54) is 6.07 Å². The zero-order valence-electron chi connectivity index (χ0n) is 9.30. The number of benzene rings is 1. The zero-order valence-corrected chi connectivity index (χ0v) is 9.30. The average molecular weight is 240 g/mol. The normalized spacial score (nSPS) is 14.7. The minimum atomic E-state index is -0.756. The Morgan fingerprint density at radius 2 is 1.94 bits per heavy atom. The molecule has 5 heteroatoms. The Kier molecular flexibility index (Phi) is 3.68. The van der Waals surface area contributed by atoms with Gasteiger partial charge in [0, 0.05) is 19.0 Å². The first kappa shape index (κ1) is 12.0. The van der Waals surface area contributed by atoms with Gasteiger partial charge in [0.05, 0.1) is 0 Å². The van der Waals surface area contributed by atoms with Crippen LogP contribution >= 0.6 is 0 Å². The van der Waals surface area contributed by atoms with Gasteiger partial charge in [0.25, 0.3) is 0 Å². The summed E-state index contributed by atoms with van der Waals surface area (Å²) >= 11 is 0. The molecule has 0 unspecified atom stereocenters. The molecule has 1 aliphatic carbocycles. The predicted molar refractivity (Wildman–Crippen MR) is 60.6 cm³/mol. The van der Waals surface area contributed by atoms with E-state index in [1.807, 2.05) is 0 Å². The van der Waals surface area contributed by atoms with Gasteiger partial charge in [-0.15, -0.1) is 0 Å². The molecule has 1 aromatic carbocycles. The summed E-state index contributed by atoms with van der Waals surface area (Å²) < 4.78 is 26.4. The van der Waals surface area contributed by atoms with Crippen molar-refractivity contribution in [1.82, 2.24) is 5.32 Å². The van der Waals surface area contributed by atoms with Crippen molar-refractivity contribution >= 4 is 11.6 Å². The lowest BCUT2D eigenvalue weighted by Gasteiger charge is -2.07. The molecule has 0 aliphatic heterocycles. The van der Waals surface area contributed by atoms with Gasteiger partial charge >= 0.3 is 0 Å². The molecule has 3 nitrogen and oxygen atoms in total. The molecule has 92 valence electrons. The molecule has 17 heavy (non-hydrogen) atoms. The second-order valence-corrected chi connectivity index (χ2v) is 4.12. The van der Waals surface area contributed by atoms with E-state index in [0.29, 0.717) is 12.6 Å². The number of hydrogen-bond acceptors (Lipinski definition) is 2. The van der Waals surface area contributed by atoms with Gasteiger partial charge in [-0.2, -0.15) is 0 Å². The fourth-order valence-corrected chi connectivity index (χ4v) is 1.50. The van der Waals surface area contributed by atoms with Gasteiger partial charge in [-0.25, -0.2) is 8.78 Å². The third kappa shape index (κ3) is 3.49. The minimum absolute atomic E-state index is 0.213. The number of rotatable bonds is 5.